The monoisotopic (exact) mass is 375 g/mol. The van der Waals surface area contributed by atoms with Crippen LogP contribution < -0.4 is 11.0 Å². The van der Waals surface area contributed by atoms with Crippen molar-refractivity contribution in [3.8, 4) is 0 Å². The summed E-state index contributed by atoms with van der Waals surface area (Å²) in [4.78, 5) is 24.1. The van der Waals surface area contributed by atoms with E-state index in [0.717, 1.165) is 22.3 Å². The number of aryl methyl sites for hydroxylation is 2. The average molecular weight is 376 g/mol. The molecule has 0 spiro atoms. The molecule has 1 N–H and O–H groups in total. The Morgan fingerprint density at radius 2 is 1.76 bits per heavy atom. The lowest BCUT2D eigenvalue weighted by atomic mass is 10.2. The minimum atomic E-state index is -0.0861. The molecule has 3 rings (SSSR count). The molecule has 0 radical (unpaired) electrons. The van der Waals surface area contributed by atoms with Crippen molar-refractivity contribution >= 4 is 46.0 Å². The summed E-state index contributed by atoms with van der Waals surface area (Å²) in [6, 6.07) is 13.1. The van der Waals surface area contributed by atoms with E-state index < -0.39 is 0 Å². The van der Waals surface area contributed by atoms with E-state index in [1.54, 1.807) is 23.2 Å². The fourth-order valence-corrected chi connectivity index (χ4v) is 3.54. The van der Waals surface area contributed by atoms with E-state index >= 15 is 0 Å². The van der Waals surface area contributed by atoms with Crippen LogP contribution in [0.5, 0.6) is 0 Å². The van der Waals surface area contributed by atoms with Gasteiger partial charge in [0.1, 0.15) is 0 Å². The van der Waals surface area contributed by atoms with Gasteiger partial charge in [0.15, 0.2) is 0 Å². The first kappa shape index (κ1) is 17.6. The third kappa shape index (κ3) is 3.91. The van der Waals surface area contributed by atoms with E-state index in [0.29, 0.717) is 16.5 Å². The Kier molecular flexibility index (Phi) is 5.20. The summed E-state index contributed by atoms with van der Waals surface area (Å²) >= 11 is 7.40. The second-order valence-corrected chi connectivity index (χ2v) is 7.19. The summed E-state index contributed by atoms with van der Waals surface area (Å²) in [7, 11) is 3.45. The third-order valence-corrected chi connectivity index (χ3v) is 5.23. The van der Waals surface area contributed by atoms with Gasteiger partial charge in [0.2, 0.25) is 5.91 Å². The Morgan fingerprint density at radius 3 is 2.48 bits per heavy atom. The highest BCUT2D eigenvalue weighted by molar-refractivity contribution is 7.99. The maximum Gasteiger partial charge on any atom is 0.328 e. The summed E-state index contributed by atoms with van der Waals surface area (Å²) < 4.78 is 3.16. The average Bonchev–Trinajstić information content (AvgIpc) is 2.81. The topological polar surface area (TPSA) is 56.0 Å². The number of hydrogen-bond acceptors (Lipinski definition) is 3. The molecule has 5 nitrogen and oxygen atoms in total. The number of anilines is 1. The lowest BCUT2D eigenvalue weighted by Crippen LogP contribution is -2.19. The van der Waals surface area contributed by atoms with E-state index in [-0.39, 0.29) is 11.6 Å². The van der Waals surface area contributed by atoms with Gasteiger partial charge in [0.25, 0.3) is 0 Å². The van der Waals surface area contributed by atoms with Crippen molar-refractivity contribution in [3.05, 3.63) is 63.5 Å². The molecule has 0 unspecified atom stereocenters. The van der Waals surface area contributed by atoms with E-state index in [4.69, 9.17) is 11.6 Å². The molecule has 2 aromatic carbocycles. The van der Waals surface area contributed by atoms with Crippen LogP contribution in [0, 0.1) is 0 Å². The number of rotatable bonds is 5. The molecule has 1 aromatic heterocycles. The first-order valence-electron chi connectivity index (χ1n) is 7.73. The molecule has 0 aliphatic rings. The van der Waals surface area contributed by atoms with E-state index in [2.05, 4.69) is 5.32 Å². The molecule has 1 amide bonds. The number of carbonyl (C=O) groups excluding carboxylic acids is 1. The fraction of sp³-hybridized carbons (Fsp3) is 0.222. The lowest BCUT2D eigenvalue weighted by molar-refractivity contribution is -0.113. The second kappa shape index (κ2) is 7.37. The molecular weight excluding hydrogens is 358 g/mol. The van der Waals surface area contributed by atoms with Crippen molar-refractivity contribution in [2.24, 2.45) is 14.1 Å². The van der Waals surface area contributed by atoms with Crippen molar-refractivity contribution in [2.45, 2.75) is 5.75 Å². The van der Waals surface area contributed by atoms with Crippen LogP contribution in [0.3, 0.4) is 0 Å². The van der Waals surface area contributed by atoms with Gasteiger partial charge in [-0.25, -0.2) is 4.79 Å². The molecular formula is C18H18ClN3O2S. The largest absolute Gasteiger partial charge is 0.328 e. The highest BCUT2D eigenvalue weighted by Crippen LogP contribution is 2.19. The Labute approximate surface area is 154 Å². The Balaban J connectivity index is 1.61. The number of nitrogens with one attached hydrogen (secondary N) is 1. The number of hydrogen-bond donors (Lipinski definition) is 1. The second-order valence-electron chi connectivity index (χ2n) is 5.77. The maximum atomic E-state index is 12.1. The molecule has 1 heterocycles. The number of nitrogens with zero attached hydrogens (tertiary/aromatic N) is 2. The Hall–Kier alpha value is -2.18. The van der Waals surface area contributed by atoms with Crippen molar-refractivity contribution in [3.63, 3.8) is 0 Å². The number of halogens is 1. The number of carbonyl (C=O) groups is 1. The molecule has 3 aromatic rings. The minimum absolute atomic E-state index is 0.0701. The predicted molar refractivity (Wildman–Crippen MR) is 104 cm³/mol. The van der Waals surface area contributed by atoms with Gasteiger partial charge >= 0.3 is 5.69 Å². The van der Waals surface area contributed by atoms with Crippen LogP contribution in [0.4, 0.5) is 5.69 Å². The Morgan fingerprint density at radius 1 is 1.08 bits per heavy atom. The molecule has 130 valence electrons. The predicted octanol–water partition coefficient (Wildman–Crippen LogP) is 3.40. The van der Waals surface area contributed by atoms with Crippen LogP contribution in [0.25, 0.3) is 11.0 Å². The minimum Gasteiger partial charge on any atom is -0.325 e. The van der Waals surface area contributed by atoms with Gasteiger partial charge < -0.3 is 5.32 Å². The number of amides is 1. The molecule has 0 bridgehead atoms. The van der Waals surface area contributed by atoms with Gasteiger partial charge in [0.05, 0.1) is 16.8 Å². The maximum absolute atomic E-state index is 12.1. The van der Waals surface area contributed by atoms with Crippen molar-refractivity contribution in [2.75, 3.05) is 11.1 Å². The van der Waals surface area contributed by atoms with E-state index in [1.165, 1.54) is 11.8 Å². The Bertz CT molecular complexity index is 976. The first-order valence-corrected chi connectivity index (χ1v) is 9.26. The van der Waals surface area contributed by atoms with Crippen LogP contribution in [-0.4, -0.2) is 20.8 Å². The normalized spacial score (nSPS) is 11.0. The highest BCUT2D eigenvalue weighted by atomic mass is 35.5. The lowest BCUT2D eigenvalue weighted by Gasteiger charge is -2.06. The van der Waals surface area contributed by atoms with Crippen molar-refractivity contribution in [1.29, 1.82) is 0 Å². The SMILES string of the molecule is Cn1c(=O)n(C)c2cc(NC(=O)CSCc3ccc(Cl)cc3)ccc21. The molecule has 0 aliphatic heterocycles. The fourth-order valence-electron chi connectivity index (χ4n) is 2.62. The third-order valence-electron chi connectivity index (χ3n) is 3.97. The van der Waals surface area contributed by atoms with E-state index in [9.17, 15) is 9.59 Å². The van der Waals surface area contributed by atoms with Crippen molar-refractivity contribution in [1.82, 2.24) is 9.13 Å². The van der Waals surface area contributed by atoms with Gasteiger partial charge in [-0.05, 0) is 35.9 Å². The zero-order valence-electron chi connectivity index (χ0n) is 14.0. The van der Waals surface area contributed by atoms with E-state index in [1.807, 2.05) is 42.5 Å². The van der Waals surface area contributed by atoms with Crippen molar-refractivity contribution < 1.29 is 4.79 Å². The van der Waals surface area contributed by atoms with Crippen LogP contribution in [0.2, 0.25) is 5.02 Å². The quantitative estimate of drug-likeness (QED) is 0.743. The molecule has 0 saturated heterocycles. The van der Waals surface area contributed by atoms with Gasteiger partial charge in [-0.1, -0.05) is 23.7 Å². The molecule has 0 saturated carbocycles. The summed E-state index contributed by atoms with van der Waals surface area (Å²) in [5.74, 6) is 1.03. The number of fused-ring (bicyclic) bond motifs is 1. The zero-order chi connectivity index (χ0) is 18.0. The number of aromatic nitrogens is 2. The van der Waals surface area contributed by atoms with Gasteiger partial charge in [0, 0.05) is 30.6 Å². The van der Waals surface area contributed by atoms with Crippen LogP contribution >= 0.6 is 23.4 Å². The number of imidazole rings is 1. The summed E-state index contributed by atoms with van der Waals surface area (Å²) in [5, 5.41) is 3.59. The molecule has 25 heavy (non-hydrogen) atoms. The van der Waals surface area contributed by atoms with Gasteiger partial charge in [-0.2, -0.15) is 0 Å². The number of thioether (sulfide) groups is 1. The molecule has 0 atom stereocenters. The van der Waals surface area contributed by atoms with Gasteiger partial charge in [-0.3, -0.25) is 13.9 Å². The standard InChI is InChI=1S/C18H18ClN3O2S/c1-21-15-8-7-14(9-16(15)22(2)18(21)24)20-17(23)11-25-10-12-3-5-13(19)6-4-12/h3-9H,10-11H2,1-2H3,(H,20,23). The summed E-state index contributed by atoms with van der Waals surface area (Å²) in [6.07, 6.45) is 0. The summed E-state index contributed by atoms with van der Waals surface area (Å²) in [5.41, 5.74) is 3.35. The molecule has 0 aliphatic carbocycles. The van der Waals surface area contributed by atoms with Crippen LogP contribution in [0.1, 0.15) is 5.56 Å². The van der Waals surface area contributed by atoms with Crippen LogP contribution in [0.15, 0.2) is 47.3 Å². The number of benzene rings is 2. The van der Waals surface area contributed by atoms with Crippen LogP contribution in [-0.2, 0) is 24.6 Å². The molecule has 0 fully saturated rings. The zero-order valence-corrected chi connectivity index (χ0v) is 15.5. The summed E-state index contributed by atoms with van der Waals surface area (Å²) in [6.45, 7) is 0. The molecule has 7 heteroatoms. The first-order chi connectivity index (χ1) is 12.0. The smallest absolute Gasteiger partial charge is 0.325 e. The van der Waals surface area contributed by atoms with Gasteiger partial charge in [-0.15, -0.1) is 11.8 Å². The highest BCUT2D eigenvalue weighted by Gasteiger charge is 2.09.